The Hall–Kier alpha value is -2.10. The molecule has 1 aromatic rings. The van der Waals surface area contributed by atoms with Crippen molar-refractivity contribution in [3.05, 3.63) is 35.4 Å². The first-order chi connectivity index (χ1) is 7.59. The average Bonchev–Trinajstić information content (AvgIpc) is 2.48. The number of para-hydroxylation sites is 1. The number of carbonyl (C=O) groups excluding carboxylic acids is 1. The molecule has 2 N–H and O–H groups in total. The van der Waals surface area contributed by atoms with Crippen LogP contribution in [0.4, 0.5) is 5.69 Å². The number of benzene rings is 1. The maximum absolute atomic E-state index is 11.7. The van der Waals surface area contributed by atoms with Crippen LogP contribution in [0.5, 0.6) is 0 Å². The zero-order valence-corrected chi connectivity index (χ0v) is 9.27. The summed E-state index contributed by atoms with van der Waals surface area (Å²) in [5, 5.41) is 5.40. The van der Waals surface area contributed by atoms with E-state index in [0.29, 0.717) is 11.3 Å². The first kappa shape index (κ1) is 10.4. The second kappa shape index (κ2) is 3.81. The lowest BCUT2D eigenvalue weighted by atomic mass is 10.1. The number of nitrogens with two attached hydrogens (primary N) is 1. The Morgan fingerprint density at radius 1 is 1.38 bits per heavy atom. The monoisotopic (exact) mass is 215 g/mol. The van der Waals surface area contributed by atoms with Gasteiger partial charge in [-0.15, -0.1) is 0 Å². The van der Waals surface area contributed by atoms with E-state index in [0.717, 1.165) is 11.3 Å². The fraction of sp³-hybridized carbons (Fsp3) is 0.167. The van der Waals surface area contributed by atoms with Crippen molar-refractivity contribution in [2.45, 2.75) is 6.92 Å². The summed E-state index contributed by atoms with van der Waals surface area (Å²) in [6.07, 6.45) is 1.78. The Labute approximate surface area is 94.1 Å². The molecule has 0 saturated carbocycles. The number of anilines is 1. The summed E-state index contributed by atoms with van der Waals surface area (Å²) in [6, 6.07) is 7.43. The largest absolute Gasteiger partial charge is 0.398 e. The van der Waals surface area contributed by atoms with Crippen LogP contribution in [0.25, 0.3) is 6.08 Å². The minimum Gasteiger partial charge on any atom is -0.398 e. The Morgan fingerprint density at radius 3 is 2.62 bits per heavy atom. The zero-order valence-electron chi connectivity index (χ0n) is 9.27. The smallest absolute Gasteiger partial charge is 0.275 e. The molecule has 0 atom stereocenters. The SMILES string of the molecule is CC1=NN(C)C(=O)/C1=C\c1ccccc1N. The normalized spacial score (nSPS) is 18.1. The third kappa shape index (κ3) is 1.69. The third-order valence-corrected chi connectivity index (χ3v) is 2.51. The van der Waals surface area contributed by atoms with Gasteiger partial charge in [0.05, 0.1) is 11.3 Å². The highest BCUT2D eigenvalue weighted by molar-refractivity contribution is 6.26. The highest BCUT2D eigenvalue weighted by Gasteiger charge is 2.24. The molecule has 1 aliphatic heterocycles. The van der Waals surface area contributed by atoms with E-state index in [2.05, 4.69) is 5.10 Å². The van der Waals surface area contributed by atoms with Crippen LogP contribution in [-0.2, 0) is 4.79 Å². The van der Waals surface area contributed by atoms with E-state index >= 15 is 0 Å². The predicted molar refractivity (Wildman–Crippen MR) is 64.7 cm³/mol. The minimum atomic E-state index is -0.0965. The van der Waals surface area contributed by atoms with Crippen molar-refractivity contribution < 1.29 is 4.79 Å². The van der Waals surface area contributed by atoms with E-state index in [1.54, 1.807) is 13.1 Å². The van der Waals surface area contributed by atoms with Crippen LogP contribution >= 0.6 is 0 Å². The second-order valence-corrected chi connectivity index (χ2v) is 3.70. The van der Waals surface area contributed by atoms with Gasteiger partial charge in [0.25, 0.3) is 5.91 Å². The van der Waals surface area contributed by atoms with Crippen molar-refractivity contribution in [3.63, 3.8) is 0 Å². The standard InChI is InChI=1S/C12H13N3O/c1-8-10(12(16)15(2)14-8)7-9-5-3-4-6-11(9)13/h3-7H,13H2,1-2H3/b10-7-. The van der Waals surface area contributed by atoms with Gasteiger partial charge in [-0.05, 0) is 24.6 Å². The Balaban J connectivity index is 2.43. The van der Waals surface area contributed by atoms with Gasteiger partial charge in [0.15, 0.2) is 0 Å². The molecular weight excluding hydrogens is 202 g/mol. The predicted octanol–water partition coefficient (Wildman–Crippen LogP) is 1.50. The lowest BCUT2D eigenvalue weighted by Crippen LogP contribution is -2.16. The van der Waals surface area contributed by atoms with Crippen molar-refractivity contribution >= 4 is 23.4 Å². The number of hydrogen-bond acceptors (Lipinski definition) is 3. The summed E-state index contributed by atoms with van der Waals surface area (Å²) in [5.74, 6) is -0.0965. The molecule has 82 valence electrons. The first-order valence-electron chi connectivity index (χ1n) is 4.99. The van der Waals surface area contributed by atoms with Crippen molar-refractivity contribution in [3.8, 4) is 0 Å². The number of amides is 1. The molecule has 1 amide bonds. The van der Waals surface area contributed by atoms with Crippen molar-refractivity contribution in [1.29, 1.82) is 0 Å². The summed E-state index contributed by atoms with van der Waals surface area (Å²) < 4.78 is 0. The molecule has 0 unspecified atom stereocenters. The van der Waals surface area contributed by atoms with Crippen LogP contribution in [0.1, 0.15) is 12.5 Å². The van der Waals surface area contributed by atoms with Gasteiger partial charge >= 0.3 is 0 Å². The van der Waals surface area contributed by atoms with Crippen molar-refractivity contribution in [2.24, 2.45) is 5.10 Å². The van der Waals surface area contributed by atoms with Crippen molar-refractivity contribution in [2.75, 3.05) is 12.8 Å². The van der Waals surface area contributed by atoms with Gasteiger partial charge in [-0.1, -0.05) is 18.2 Å². The summed E-state index contributed by atoms with van der Waals surface area (Å²) in [5.41, 5.74) is 8.63. The van der Waals surface area contributed by atoms with Gasteiger partial charge < -0.3 is 5.73 Å². The number of hydrazone groups is 1. The molecule has 1 heterocycles. The van der Waals surface area contributed by atoms with Gasteiger partial charge in [0.2, 0.25) is 0 Å². The fourth-order valence-corrected chi connectivity index (χ4v) is 1.62. The van der Waals surface area contributed by atoms with Crippen LogP contribution in [0.3, 0.4) is 0 Å². The van der Waals surface area contributed by atoms with Crippen LogP contribution in [0.2, 0.25) is 0 Å². The van der Waals surface area contributed by atoms with E-state index in [9.17, 15) is 4.79 Å². The molecule has 0 bridgehead atoms. The van der Waals surface area contributed by atoms with E-state index in [1.807, 2.05) is 31.2 Å². The molecule has 16 heavy (non-hydrogen) atoms. The van der Waals surface area contributed by atoms with Crippen LogP contribution in [-0.4, -0.2) is 23.7 Å². The quantitative estimate of drug-likeness (QED) is 0.570. The molecule has 0 spiro atoms. The molecule has 0 aromatic heterocycles. The first-order valence-corrected chi connectivity index (χ1v) is 4.99. The highest BCUT2D eigenvalue weighted by Crippen LogP contribution is 2.20. The van der Waals surface area contributed by atoms with E-state index in [-0.39, 0.29) is 5.91 Å². The molecule has 0 radical (unpaired) electrons. The molecule has 2 rings (SSSR count). The minimum absolute atomic E-state index is 0.0965. The molecule has 0 fully saturated rings. The molecule has 1 aromatic carbocycles. The summed E-state index contributed by atoms with van der Waals surface area (Å²) >= 11 is 0. The number of hydrogen-bond donors (Lipinski definition) is 1. The average molecular weight is 215 g/mol. The van der Waals surface area contributed by atoms with Gasteiger partial charge in [0, 0.05) is 12.7 Å². The highest BCUT2D eigenvalue weighted by atomic mass is 16.2. The van der Waals surface area contributed by atoms with Crippen LogP contribution in [0, 0.1) is 0 Å². The fourth-order valence-electron chi connectivity index (χ4n) is 1.62. The third-order valence-electron chi connectivity index (χ3n) is 2.51. The number of nitrogen functional groups attached to an aromatic ring is 1. The lowest BCUT2D eigenvalue weighted by Gasteiger charge is -2.03. The van der Waals surface area contributed by atoms with Crippen LogP contribution in [0.15, 0.2) is 34.9 Å². The Bertz CT molecular complexity index is 503. The van der Waals surface area contributed by atoms with Gasteiger partial charge in [-0.3, -0.25) is 4.79 Å². The summed E-state index contributed by atoms with van der Waals surface area (Å²) in [4.78, 5) is 11.7. The van der Waals surface area contributed by atoms with Gasteiger partial charge in [0.1, 0.15) is 0 Å². The van der Waals surface area contributed by atoms with Crippen molar-refractivity contribution in [1.82, 2.24) is 5.01 Å². The zero-order chi connectivity index (χ0) is 11.7. The van der Waals surface area contributed by atoms with Gasteiger partial charge in [-0.2, -0.15) is 5.10 Å². The Morgan fingerprint density at radius 2 is 2.06 bits per heavy atom. The van der Waals surface area contributed by atoms with E-state index < -0.39 is 0 Å². The maximum Gasteiger partial charge on any atom is 0.275 e. The summed E-state index contributed by atoms with van der Waals surface area (Å²) in [6.45, 7) is 1.81. The Kier molecular flexibility index (Phi) is 2.48. The second-order valence-electron chi connectivity index (χ2n) is 3.70. The van der Waals surface area contributed by atoms with E-state index in [1.165, 1.54) is 5.01 Å². The number of nitrogens with zero attached hydrogens (tertiary/aromatic N) is 2. The summed E-state index contributed by atoms with van der Waals surface area (Å²) in [7, 11) is 1.64. The molecule has 4 nitrogen and oxygen atoms in total. The molecule has 0 aliphatic carbocycles. The molecule has 4 heteroatoms. The number of carbonyl (C=O) groups is 1. The topological polar surface area (TPSA) is 58.7 Å². The molecular formula is C12H13N3O. The lowest BCUT2D eigenvalue weighted by molar-refractivity contribution is -0.124. The van der Waals surface area contributed by atoms with Gasteiger partial charge in [-0.25, -0.2) is 5.01 Å². The maximum atomic E-state index is 11.7. The number of rotatable bonds is 1. The number of likely N-dealkylation sites (N-methyl/N-ethyl adjacent to an activating group) is 1. The van der Waals surface area contributed by atoms with Crippen LogP contribution < -0.4 is 5.73 Å². The molecule has 1 aliphatic rings. The van der Waals surface area contributed by atoms with E-state index in [4.69, 9.17) is 5.73 Å². The molecule has 0 saturated heterocycles.